The molecule has 102 valence electrons. The molecule has 0 aliphatic heterocycles. The number of fused-ring (bicyclic) bond motifs is 3. The average Bonchev–Trinajstić information content (AvgIpc) is 2.82. The fourth-order valence-corrected chi connectivity index (χ4v) is 4.11. The van der Waals surface area contributed by atoms with Crippen molar-refractivity contribution < 1.29 is 0 Å². The summed E-state index contributed by atoms with van der Waals surface area (Å²) in [5.74, 6) is 2.04. The van der Waals surface area contributed by atoms with Gasteiger partial charge in [0.05, 0.1) is 5.39 Å². The molecule has 1 aliphatic carbocycles. The number of unbranched alkanes of at least 4 members (excludes halogenated alkanes) is 1. The van der Waals surface area contributed by atoms with Crippen LogP contribution in [0.4, 0.5) is 5.82 Å². The normalized spacial score (nSPS) is 14.6. The number of hydrogen-bond acceptors (Lipinski definition) is 4. The highest BCUT2D eigenvalue weighted by Crippen LogP contribution is 2.38. The van der Waals surface area contributed by atoms with E-state index in [1.54, 1.807) is 4.88 Å². The smallest absolute Gasteiger partial charge is 0.138 e. The van der Waals surface area contributed by atoms with Crippen molar-refractivity contribution in [2.45, 2.75) is 51.9 Å². The van der Waals surface area contributed by atoms with Gasteiger partial charge in [0.1, 0.15) is 16.5 Å². The lowest BCUT2D eigenvalue weighted by molar-refractivity contribution is 0.700. The Morgan fingerprint density at radius 3 is 2.84 bits per heavy atom. The number of rotatable bonds is 4. The number of nitrogens with one attached hydrogen (secondary N) is 1. The molecule has 0 radical (unpaired) electrons. The number of anilines is 1. The molecule has 0 saturated heterocycles. The van der Waals surface area contributed by atoms with Crippen LogP contribution in [0.1, 0.15) is 48.9 Å². The molecule has 0 spiro atoms. The molecule has 3 nitrogen and oxygen atoms in total. The van der Waals surface area contributed by atoms with E-state index in [9.17, 15) is 0 Å². The summed E-state index contributed by atoms with van der Waals surface area (Å²) in [6.45, 7) is 2.21. The molecule has 0 fully saturated rings. The Morgan fingerprint density at radius 2 is 2.05 bits per heavy atom. The number of nitrogens with zero attached hydrogens (tertiary/aromatic N) is 2. The van der Waals surface area contributed by atoms with Crippen molar-refractivity contribution in [1.29, 1.82) is 0 Å². The third-order valence-electron chi connectivity index (χ3n) is 3.85. The van der Waals surface area contributed by atoms with Crippen molar-refractivity contribution in [3.8, 4) is 0 Å². The lowest BCUT2D eigenvalue weighted by atomic mass is 9.97. The standard InChI is InChI=1S/C15H21N3S/c1-3-4-9-12-17-14(16-2)13-10-7-5-6-8-11(10)19-15(13)18-12/h3-9H2,1-2H3,(H,16,17,18). The average molecular weight is 275 g/mol. The molecule has 0 bridgehead atoms. The lowest BCUT2D eigenvalue weighted by Crippen LogP contribution is -2.03. The molecule has 0 amide bonds. The van der Waals surface area contributed by atoms with Crippen molar-refractivity contribution in [1.82, 2.24) is 9.97 Å². The summed E-state index contributed by atoms with van der Waals surface area (Å²) in [6, 6.07) is 0. The predicted molar refractivity (Wildman–Crippen MR) is 82.2 cm³/mol. The Labute approximate surface area is 118 Å². The first-order valence-electron chi connectivity index (χ1n) is 7.32. The van der Waals surface area contributed by atoms with E-state index in [0.717, 1.165) is 18.1 Å². The van der Waals surface area contributed by atoms with Crippen LogP contribution in [0.3, 0.4) is 0 Å². The lowest BCUT2D eigenvalue weighted by Gasteiger charge is -2.11. The van der Waals surface area contributed by atoms with Crippen LogP contribution in [-0.2, 0) is 19.3 Å². The van der Waals surface area contributed by atoms with Crippen molar-refractivity contribution >= 4 is 27.4 Å². The first kappa shape index (κ1) is 12.9. The zero-order valence-electron chi connectivity index (χ0n) is 11.8. The Bertz CT molecular complexity index is 589. The van der Waals surface area contributed by atoms with E-state index in [4.69, 9.17) is 9.97 Å². The maximum absolute atomic E-state index is 4.79. The highest BCUT2D eigenvalue weighted by molar-refractivity contribution is 7.19. The first-order chi connectivity index (χ1) is 9.33. The molecule has 3 rings (SSSR count). The largest absolute Gasteiger partial charge is 0.372 e. The summed E-state index contributed by atoms with van der Waals surface area (Å²) in [4.78, 5) is 12.2. The van der Waals surface area contributed by atoms with Gasteiger partial charge < -0.3 is 5.32 Å². The van der Waals surface area contributed by atoms with Gasteiger partial charge in [0.2, 0.25) is 0 Å². The molecule has 1 aliphatic rings. The van der Waals surface area contributed by atoms with Crippen LogP contribution in [0.15, 0.2) is 0 Å². The molecule has 0 unspecified atom stereocenters. The van der Waals surface area contributed by atoms with Gasteiger partial charge in [0.25, 0.3) is 0 Å². The second kappa shape index (κ2) is 5.45. The zero-order chi connectivity index (χ0) is 13.2. The third kappa shape index (κ3) is 2.34. The van der Waals surface area contributed by atoms with Crippen LogP contribution in [-0.4, -0.2) is 17.0 Å². The summed E-state index contributed by atoms with van der Waals surface area (Å²) < 4.78 is 0. The SMILES string of the molecule is CCCCc1nc(NC)c2c3c(sc2n1)CCCC3. The summed E-state index contributed by atoms with van der Waals surface area (Å²) in [5, 5.41) is 4.57. The Morgan fingerprint density at radius 1 is 1.21 bits per heavy atom. The molecule has 0 saturated carbocycles. The maximum atomic E-state index is 4.79. The molecular formula is C15H21N3S. The molecule has 0 aromatic carbocycles. The number of thiophene rings is 1. The fourth-order valence-electron chi connectivity index (χ4n) is 2.83. The van der Waals surface area contributed by atoms with Gasteiger partial charge in [-0.3, -0.25) is 0 Å². The monoisotopic (exact) mass is 275 g/mol. The van der Waals surface area contributed by atoms with E-state index in [2.05, 4.69) is 12.2 Å². The van der Waals surface area contributed by atoms with Crippen LogP contribution in [0, 0.1) is 0 Å². The topological polar surface area (TPSA) is 37.8 Å². The fraction of sp³-hybridized carbons (Fsp3) is 0.600. The van der Waals surface area contributed by atoms with Crippen LogP contribution in [0.25, 0.3) is 10.2 Å². The van der Waals surface area contributed by atoms with Crippen LogP contribution < -0.4 is 5.32 Å². The van der Waals surface area contributed by atoms with Crippen LogP contribution in [0.5, 0.6) is 0 Å². The van der Waals surface area contributed by atoms with E-state index in [1.807, 2.05) is 18.4 Å². The molecule has 4 heteroatoms. The molecule has 0 atom stereocenters. The molecule has 1 N–H and O–H groups in total. The van der Waals surface area contributed by atoms with E-state index < -0.39 is 0 Å². The molecule has 2 aromatic heterocycles. The van der Waals surface area contributed by atoms with Gasteiger partial charge >= 0.3 is 0 Å². The van der Waals surface area contributed by atoms with Gasteiger partial charge in [-0.1, -0.05) is 13.3 Å². The number of hydrogen-bond donors (Lipinski definition) is 1. The second-order valence-corrected chi connectivity index (χ2v) is 6.32. The molecule has 2 aromatic rings. The van der Waals surface area contributed by atoms with Gasteiger partial charge in [-0.2, -0.15) is 0 Å². The Hall–Kier alpha value is -1.16. The van der Waals surface area contributed by atoms with Gasteiger partial charge in [-0.05, 0) is 37.7 Å². The van der Waals surface area contributed by atoms with Crippen LogP contribution in [0.2, 0.25) is 0 Å². The quantitative estimate of drug-likeness (QED) is 0.918. The van der Waals surface area contributed by atoms with E-state index in [-0.39, 0.29) is 0 Å². The van der Waals surface area contributed by atoms with E-state index in [0.29, 0.717) is 0 Å². The van der Waals surface area contributed by atoms with Crippen molar-refractivity contribution in [2.75, 3.05) is 12.4 Å². The van der Waals surface area contributed by atoms with Gasteiger partial charge in [-0.15, -0.1) is 11.3 Å². The summed E-state index contributed by atoms with van der Waals surface area (Å²) in [5.41, 5.74) is 1.51. The van der Waals surface area contributed by atoms with Gasteiger partial charge in [0, 0.05) is 18.3 Å². The predicted octanol–water partition coefficient (Wildman–Crippen LogP) is 3.95. The highest BCUT2D eigenvalue weighted by atomic mass is 32.1. The first-order valence-corrected chi connectivity index (χ1v) is 8.14. The summed E-state index contributed by atoms with van der Waals surface area (Å²) in [6.07, 6.45) is 8.40. The number of aromatic nitrogens is 2. The van der Waals surface area contributed by atoms with E-state index >= 15 is 0 Å². The molecular weight excluding hydrogens is 254 g/mol. The second-order valence-electron chi connectivity index (χ2n) is 5.23. The van der Waals surface area contributed by atoms with Gasteiger partial charge in [0.15, 0.2) is 0 Å². The summed E-state index contributed by atoms with van der Waals surface area (Å²) in [7, 11) is 1.97. The van der Waals surface area contributed by atoms with Crippen molar-refractivity contribution in [2.24, 2.45) is 0 Å². The highest BCUT2D eigenvalue weighted by Gasteiger charge is 2.20. The minimum Gasteiger partial charge on any atom is -0.372 e. The molecule has 19 heavy (non-hydrogen) atoms. The third-order valence-corrected chi connectivity index (χ3v) is 5.04. The Kier molecular flexibility index (Phi) is 3.69. The van der Waals surface area contributed by atoms with Crippen LogP contribution >= 0.6 is 11.3 Å². The maximum Gasteiger partial charge on any atom is 0.138 e. The van der Waals surface area contributed by atoms with Gasteiger partial charge in [-0.25, -0.2) is 9.97 Å². The summed E-state index contributed by atoms with van der Waals surface area (Å²) >= 11 is 1.89. The minimum atomic E-state index is 0.990. The van der Waals surface area contributed by atoms with Crippen molar-refractivity contribution in [3.05, 3.63) is 16.3 Å². The zero-order valence-corrected chi connectivity index (χ0v) is 12.6. The number of aryl methyl sites for hydroxylation is 3. The molecule has 2 heterocycles. The Balaban J connectivity index is 2.11. The van der Waals surface area contributed by atoms with E-state index in [1.165, 1.54) is 54.3 Å². The van der Waals surface area contributed by atoms with Crippen molar-refractivity contribution in [3.63, 3.8) is 0 Å². The minimum absolute atomic E-state index is 0.990.